The Labute approximate surface area is 163 Å². The van der Waals surface area contributed by atoms with Crippen LogP contribution in [0.3, 0.4) is 0 Å². The van der Waals surface area contributed by atoms with E-state index in [-0.39, 0.29) is 24.8 Å². The van der Waals surface area contributed by atoms with Crippen molar-refractivity contribution in [2.75, 3.05) is 25.7 Å². The van der Waals surface area contributed by atoms with Crippen LogP contribution in [0.4, 0.5) is 5.69 Å². The highest BCUT2D eigenvalue weighted by atomic mass is 35.5. The van der Waals surface area contributed by atoms with Crippen LogP contribution in [0, 0.1) is 5.92 Å². The van der Waals surface area contributed by atoms with Gasteiger partial charge in [-0.1, -0.05) is 41.9 Å². The zero-order chi connectivity index (χ0) is 19.4. The molecule has 0 unspecified atom stereocenters. The van der Waals surface area contributed by atoms with E-state index in [2.05, 4.69) is 5.32 Å². The van der Waals surface area contributed by atoms with Gasteiger partial charge in [0.05, 0.1) is 30.8 Å². The van der Waals surface area contributed by atoms with Crippen molar-refractivity contribution in [1.82, 2.24) is 5.32 Å². The molecule has 1 atom stereocenters. The van der Waals surface area contributed by atoms with Gasteiger partial charge in [0.2, 0.25) is 11.8 Å². The lowest BCUT2D eigenvalue weighted by molar-refractivity contribution is -0.126. The van der Waals surface area contributed by atoms with Crippen molar-refractivity contribution in [3.63, 3.8) is 0 Å². The van der Waals surface area contributed by atoms with E-state index in [1.54, 1.807) is 12.1 Å². The molecule has 0 aromatic heterocycles. The molecule has 1 fully saturated rings. The molecule has 0 saturated carbocycles. The third-order valence-corrected chi connectivity index (χ3v) is 4.84. The van der Waals surface area contributed by atoms with E-state index in [4.69, 9.17) is 21.1 Å². The molecule has 1 heterocycles. The van der Waals surface area contributed by atoms with Crippen molar-refractivity contribution in [1.29, 1.82) is 0 Å². The van der Waals surface area contributed by atoms with Crippen LogP contribution in [-0.4, -0.2) is 32.6 Å². The molecule has 27 heavy (non-hydrogen) atoms. The Morgan fingerprint density at radius 2 is 1.89 bits per heavy atom. The van der Waals surface area contributed by atoms with Crippen LogP contribution in [0.25, 0.3) is 0 Å². The number of ether oxygens (including phenoxy) is 2. The van der Waals surface area contributed by atoms with Crippen LogP contribution < -0.4 is 19.7 Å². The van der Waals surface area contributed by atoms with Crippen LogP contribution in [0.15, 0.2) is 42.5 Å². The maximum absolute atomic E-state index is 12.5. The molecule has 6 nitrogen and oxygen atoms in total. The summed E-state index contributed by atoms with van der Waals surface area (Å²) in [4.78, 5) is 26.5. The number of rotatable bonds is 6. The largest absolute Gasteiger partial charge is 0.495 e. The fraction of sp³-hybridized carbons (Fsp3) is 0.300. The topological polar surface area (TPSA) is 67.9 Å². The molecule has 1 aliphatic rings. The first kappa shape index (κ1) is 19.0. The second kappa shape index (κ2) is 8.31. The molecule has 2 amide bonds. The molecule has 0 radical (unpaired) electrons. The highest BCUT2D eigenvalue weighted by Gasteiger charge is 2.36. The second-order valence-corrected chi connectivity index (χ2v) is 6.67. The van der Waals surface area contributed by atoms with Gasteiger partial charge in [-0.2, -0.15) is 0 Å². The lowest BCUT2D eigenvalue weighted by atomic mass is 10.1. The summed E-state index contributed by atoms with van der Waals surface area (Å²) in [6, 6.07) is 12.9. The summed E-state index contributed by atoms with van der Waals surface area (Å²) in [7, 11) is 3.02. The van der Waals surface area contributed by atoms with Crippen LogP contribution in [-0.2, 0) is 16.1 Å². The normalized spacial score (nSPS) is 16.3. The number of nitrogens with zero attached hydrogens (tertiary/aromatic N) is 1. The average Bonchev–Trinajstić information content (AvgIpc) is 3.08. The standard InChI is InChI=1S/C20H21ClN2O4/c1-26-17-10-18(27-2)16(9-15(17)21)23-12-14(8-19(23)24)20(25)22-11-13-6-4-3-5-7-13/h3-7,9-10,14H,8,11-12H2,1-2H3,(H,22,25)/t14-/m0/s1. The first-order valence-electron chi connectivity index (χ1n) is 8.57. The highest BCUT2D eigenvalue weighted by Crippen LogP contribution is 2.40. The lowest BCUT2D eigenvalue weighted by Gasteiger charge is -2.21. The fourth-order valence-electron chi connectivity index (χ4n) is 3.10. The number of anilines is 1. The molecule has 1 aliphatic heterocycles. The Hall–Kier alpha value is -2.73. The van der Waals surface area contributed by atoms with E-state index >= 15 is 0 Å². The van der Waals surface area contributed by atoms with Crippen LogP contribution in [0.2, 0.25) is 5.02 Å². The molecule has 2 aromatic carbocycles. The fourth-order valence-corrected chi connectivity index (χ4v) is 3.34. The number of hydrogen-bond acceptors (Lipinski definition) is 4. The van der Waals surface area contributed by atoms with E-state index in [1.165, 1.54) is 19.1 Å². The summed E-state index contributed by atoms with van der Waals surface area (Å²) in [5.74, 6) is 0.213. The van der Waals surface area contributed by atoms with Crippen LogP contribution in [0.1, 0.15) is 12.0 Å². The van der Waals surface area contributed by atoms with Gasteiger partial charge in [0.25, 0.3) is 0 Å². The number of hydrogen-bond donors (Lipinski definition) is 1. The van der Waals surface area contributed by atoms with Gasteiger partial charge in [-0.3, -0.25) is 9.59 Å². The molecular weight excluding hydrogens is 368 g/mol. The van der Waals surface area contributed by atoms with Crippen molar-refractivity contribution < 1.29 is 19.1 Å². The van der Waals surface area contributed by atoms with Gasteiger partial charge in [0.1, 0.15) is 11.5 Å². The number of carbonyl (C=O) groups is 2. The van der Waals surface area contributed by atoms with Crippen molar-refractivity contribution in [2.45, 2.75) is 13.0 Å². The molecule has 0 aliphatic carbocycles. The molecule has 0 bridgehead atoms. The van der Waals surface area contributed by atoms with Crippen LogP contribution in [0.5, 0.6) is 11.5 Å². The molecule has 3 rings (SSSR count). The maximum atomic E-state index is 12.5. The van der Waals surface area contributed by atoms with Crippen LogP contribution >= 0.6 is 11.6 Å². The molecule has 1 saturated heterocycles. The molecular formula is C20H21ClN2O4. The van der Waals surface area contributed by atoms with Gasteiger partial charge in [-0.05, 0) is 11.6 Å². The Bertz CT molecular complexity index is 841. The number of benzene rings is 2. The van der Waals surface area contributed by atoms with E-state index in [0.29, 0.717) is 28.8 Å². The van der Waals surface area contributed by atoms with Gasteiger partial charge in [0.15, 0.2) is 0 Å². The van der Waals surface area contributed by atoms with Gasteiger partial charge < -0.3 is 19.7 Å². The molecule has 142 valence electrons. The van der Waals surface area contributed by atoms with Gasteiger partial charge in [-0.15, -0.1) is 0 Å². The number of amides is 2. The SMILES string of the molecule is COc1cc(OC)c(N2C[C@@H](C(=O)NCc3ccccc3)CC2=O)cc1Cl. The zero-order valence-electron chi connectivity index (χ0n) is 15.2. The molecule has 2 aromatic rings. The van der Waals surface area contributed by atoms with Crippen molar-refractivity contribution in [2.24, 2.45) is 5.92 Å². The van der Waals surface area contributed by atoms with Crippen molar-refractivity contribution >= 4 is 29.1 Å². The molecule has 1 N–H and O–H groups in total. The summed E-state index contributed by atoms with van der Waals surface area (Å²) in [5.41, 5.74) is 1.54. The number of carbonyl (C=O) groups excluding carboxylic acids is 2. The van der Waals surface area contributed by atoms with Crippen molar-refractivity contribution in [3.05, 3.63) is 53.1 Å². The smallest absolute Gasteiger partial charge is 0.227 e. The molecule has 0 spiro atoms. The monoisotopic (exact) mass is 388 g/mol. The Morgan fingerprint density at radius 1 is 1.19 bits per heavy atom. The van der Waals surface area contributed by atoms with E-state index in [1.807, 2.05) is 30.3 Å². The third kappa shape index (κ3) is 4.17. The van der Waals surface area contributed by atoms with E-state index < -0.39 is 5.92 Å². The number of methoxy groups -OCH3 is 2. The first-order valence-corrected chi connectivity index (χ1v) is 8.94. The summed E-state index contributed by atoms with van der Waals surface area (Å²) < 4.78 is 10.6. The average molecular weight is 389 g/mol. The summed E-state index contributed by atoms with van der Waals surface area (Å²) in [5, 5.41) is 3.27. The van der Waals surface area contributed by atoms with E-state index in [0.717, 1.165) is 5.56 Å². The quantitative estimate of drug-likeness (QED) is 0.826. The van der Waals surface area contributed by atoms with E-state index in [9.17, 15) is 9.59 Å². The minimum atomic E-state index is -0.424. The third-order valence-electron chi connectivity index (χ3n) is 4.55. The minimum Gasteiger partial charge on any atom is -0.495 e. The second-order valence-electron chi connectivity index (χ2n) is 6.27. The van der Waals surface area contributed by atoms with Gasteiger partial charge in [-0.25, -0.2) is 0 Å². The Morgan fingerprint density at radius 3 is 2.56 bits per heavy atom. The number of halogens is 1. The maximum Gasteiger partial charge on any atom is 0.227 e. The highest BCUT2D eigenvalue weighted by molar-refractivity contribution is 6.32. The van der Waals surface area contributed by atoms with Crippen molar-refractivity contribution in [3.8, 4) is 11.5 Å². The zero-order valence-corrected chi connectivity index (χ0v) is 16.0. The first-order chi connectivity index (χ1) is 13.0. The summed E-state index contributed by atoms with van der Waals surface area (Å²) in [6.07, 6.45) is 0.146. The van der Waals surface area contributed by atoms with Gasteiger partial charge in [0, 0.05) is 25.6 Å². The summed E-state index contributed by atoms with van der Waals surface area (Å²) in [6.45, 7) is 0.709. The minimum absolute atomic E-state index is 0.144. The molecule has 7 heteroatoms. The Balaban J connectivity index is 1.72. The Kier molecular flexibility index (Phi) is 5.86. The summed E-state index contributed by atoms with van der Waals surface area (Å²) >= 11 is 6.20. The van der Waals surface area contributed by atoms with Gasteiger partial charge >= 0.3 is 0 Å². The predicted octanol–water partition coefficient (Wildman–Crippen LogP) is 3.03. The number of nitrogens with one attached hydrogen (secondary N) is 1. The lowest BCUT2D eigenvalue weighted by Crippen LogP contribution is -2.32. The predicted molar refractivity (Wildman–Crippen MR) is 103 cm³/mol.